The van der Waals surface area contributed by atoms with Crippen LogP contribution in [0.4, 0.5) is 0 Å². The summed E-state index contributed by atoms with van der Waals surface area (Å²) in [7, 11) is 0. The molecule has 31 heavy (non-hydrogen) atoms. The SMILES string of the molecule is CC(C)[C@H]1CN(C(c2ccccc2)c2ccccc2)CCN1C(=O)CC1CCCCC1. The summed E-state index contributed by atoms with van der Waals surface area (Å²) in [4.78, 5) is 18.1. The maximum atomic E-state index is 13.3. The van der Waals surface area contributed by atoms with E-state index in [1.165, 1.54) is 43.2 Å². The number of benzene rings is 2. The molecule has 2 fully saturated rings. The molecule has 3 heteroatoms. The lowest BCUT2D eigenvalue weighted by Gasteiger charge is -2.46. The third kappa shape index (κ3) is 5.38. The van der Waals surface area contributed by atoms with Crippen LogP contribution < -0.4 is 0 Å². The van der Waals surface area contributed by atoms with E-state index in [1.807, 2.05) is 0 Å². The maximum Gasteiger partial charge on any atom is 0.223 e. The van der Waals surface area contributed by atoms with E-state index < -0.39 is 0 Å². The second kappa shape index (κ2) is 10.5. The van der Waals surface area contributed by atoms with Gasteiger partial charge >= 0.3 is 0 Å². The largest absolute Gasteiger partial charge is 0.337 e. The fourth-order valence-corrected chi connectivity index (χ4v) is 5.59. The standard InChI is InChI=1S/C28H38N2O/c1-22(2)26-21-29(18-19-30(26)27(31)20-23-12-6-3-7-13-23)28(24-14-8-4-9-15-24)25-16-10-5-11-17-25/h4-5,8-11,14-17,22-23,26,28H,3,6-7,12-13,18-21H2,1-2H3/t26-/m1/s1. The second-order valence-corrected chi connectivity index (χ2v) is 9.83. The first-order valence-corrected chi connectivity index (χ1v) is 12.3. The minimum Gasteiger partial charge on any atom is -0.337 e. The molecular weight excluding hydrogens is 380 g/mol. The first kappa shape index (κ1) is 22.1. The van der Waals surface area contributed by atoms with E-state index in [-0.39, 0.29) is 12.1 Å². The highest BCUT2D eigenvalue weighted by atomic mass is 16.2. The van der Waals surface area contributed by atoms with Gasteiger partial charge in [-0.25, -0.2) is 0 Å². The highest BCUT2D eigenvalue weighted by Crippen LogP contribution is 2.33. The van der Waals surface area contributed by atoms with Crippen molar-refractivity contribution in [1.82, 2.24) is 9.80 Å². The third-order valence-electron chi connectivity index (χ3n) is 7.32. The molecule has 4 rings (SSSR count). The van der Waals surface area contributed by atoms with Gasteiger partial charge in [-0.1, -0.05) is 93.8 Å². The zero-order chi connectivity index (χ0) is 21.6. The average Bonchev–Trinajstić information content (AvgIpc) is 2.81. The Balaban J connectivity index is 1.53. The lowest BCUT2D eigenvalue weighted by molar-refractivity contribution is -0.139. The van der Waals surface area contributed by atoms with Crippen molar-refractivity contribution < 1.29 is 4.79 Å². The first-order valence-electron chi connectivity index (χ1n) is 12.3. The summed E-state index contributed by atoms with van der Waals surface area (Å²) in [5.74, 6) is 1.44. The second-order valence-electron chi connectivity index (χ2n) is 9.83. The minimum absolute atomic E-state index is 0.235. The lowest BCUT2D eigenvalue weighted by atomic mass is 9.86. The predicted octanol–water partition coefficient (Wildman–Crippen LogP) is 5.92. The Hall–Kier alpha value is -2.13. The van der Waals surface area contributed by atoms with Crippen LogP contribution in [0.15, 0.2) is 60.7 Å². The Morgan fingerprint density at radius 2 is 1.45 bits per heavy atom. The molecular formula is C28H38N2O. The first-order chi connectivity index (χ1) is 15.1. The molecule has 1 heterocycles. The Bertz CT molecular complexity index is 774. The van der Waals surface area contributed by atoms with Crippen molar-refractivity contribution in [3.63, 3.8) is 0 Å². The summed E-state index contributed by atoms with van der Waals surface area (Å²) >= 11 is 0. The van der Waals surface area contributed by atoms with Crippen molar-refractivity contribution in [2.24, 2.45) is 11.8 Å². The van der Waals surface area contributed by atoms with Crippen LogP contribution in [0.1, 0.15) is 69.5 Å². The molecule has 2 aliphatic rings. The van der Waals surface area contributed by atoms with Gasteiger partial charge in [0.25, 0.3) is 0 Å². The molecule has 1 saturated carbocycles. The van der Waals surface area contributed by atoms with Crippen molar-refractivity contribution in [2.75, 3.05) is 19.6 Å². The van der Waals surface area contributed by atoms with Gasteiger partial charge in [-0.2, -0.15) is 0 Å². The van der Waals surface area contributed by atoms with E-state index in [4.69, 9.17) is 0 Å². The van der Waals surface area contributed by atoms with Crippen LogP contribution in [0.2, 0.25) is 0 Å². The van der Waals surface area contributed by atoms with Gasteiger partial charge in [-0.15, -0.1) is 0 Å². The van der Waals surface area contributed by atoms with E-state index in [9.17, 15) is 4.79 Å². The van der Waals surface area contributed by atoms with E-state index in [1.54, 1.807) is 0 Å². The Morgan fingerprint density at radius 3 is 2.00 bits per heavy atom. The zero-order valence-electron chi connectivity index (χ0n) is 19.2. The van der Waals surface area contributed by atoms with Crippen LogP contribution >= 0.6 is 0 Å². The van der Waals surface area contributed by atoms with Crippen LogP contribution in [0.25, 0.3) is 0 Å². The molecule has 0 aromatic heterocycles. The van der Waals surface area contributed by atoms with Crippen molar-refractivity contribution in [2.45, 2.75) is 64.5 Å². The monoisotopic (exact) mass is 418 g/mol. The number of carbonyl (C=O) groups is 1. The van der Waals surface area contributed by atoms with Crippen LogP contribution in [0.5, 0.6) is 0 Å². The van der Waals surface area contributed by atoms with Gasteiger partial charge in [0.2, 0.25) is 5.91 Å². The molecule has 1 aliphatic carbocycles. The number of rotatable bonds is 6. The molecule has 0 unspecified atom stereocenters. The number of amides is 1. The predicted molar refractivity (Wildman–Crippen MR) is 128 cm³/mol. The van der Waals surface area contributed by atoms with Gasteiger partial charge in [0.15, 0.2) is 0 Å². The molecule has 2 aromatic carbocycles. The molecule has 1 amide bonds. The maximum absolute atomic E-state index is 13.3. The lowest BCUT2D eigenvalue weighted by Crippen LogP contribution is -2.58. The van der Waals surface area contributed by atoms with E-state index in [0.29, 0.717) is 17.7 Å². The van der Waals surface area contributed by atoms with Crippen LogP contribution in [-0.2, 0) is 4.79 Å². The van der Waals surface area contributed by atoms with Crippen LogP contribution in [-0.4, -0.2) is 41.4 Å². The summed E-state index contributed by atoms with van der Waals surface area (Å²) in [6.07, 6.45) is 7.18. The molecule has 2 aromatic rings. The average molecular weight is 419 g/mol. The van der Waals surface area contributed by atoms with Gasteiger partial charge < -0.3 is 4.90 Å². The van der Waals surface area contributed by atoms with Gasteiger partial charge in [0.05, 0.1) is 6.04 Å². The smallest absolute Gasteiger partial charge is 0.223 e. The number of hydrogen-bond acceptors (Lipinski definition) is 2. The van der Waals surface area contributed by atoms with Crippen molar-refractivity contribution in [3.05, 3.63) is 71.8 Å². The van der Waals surface area contributed by atoms with E-state index >= 15 is 0 Å². The fraction of sp³-hybridized carbons (Fsp3) is 0.536. The van der Waals surface area contributed by atoms with E-state index in [0.717, 1.165) is 26.1 Å². The van der Waals surface area contributed by atoms with Gasteiger partial charge in [0, 0.05) is 32.1 Å². The highest BCUT2D eigenvalue weighted by molar-refractivity contribution is 5.77. The van der Waals surface area contributed by atoms with Gasteiger partial charge in [0.1, 0.15) is 0 Å². The molecule has 166 valence electrons. The van der Waals surface area contributed by atoms with Crippen molar-refractivity contribution in [1.29, 1.82) is 0 Å². The molecule has 1 aliphatic heterocycles. The number of hydrogen-bond donors (Lipinski definition) is 0. The molecule has 0 N–H and O–H groups in total. The van der Waals surface area contributed by atoms with Crippen LogP contribution in [0, 0.1) is 11.8 Å². The molecule has 3 nitrogen and oxygen atoms in total. The summed E-state index contributed by atoms with van der Waals surface area (Å²) in [6.45, 7) is 7.24. The quantitative estimate of drug-likeness (QED) is 0.582. The zero-order valence-corrected chi connectivity index (χ0v) is 19.2. The van der Waals surface area contributed by atoms with E-state index in [2.05, 4.69) is 84.3 Å². The molecule has 1 saturated heterocycles. The summed E-state index contributed by atoms with van der Waals surface area (Å²) < 4.78 is 0. The molecule has 1 atom stereocenters. The fourth-order valence-electron chi connectivity index (χ4n) is 5.59. The number of nitrogens with zero attached hydrogens (tertiary/aromatic N) is 2. The van der Waals surface area contributed by atoms with Gasteiger partial charge in [-0.05, 0) is 35.8 Å². The van der Waals surface area contributed by atoms with Crippen LogP contribution in [0.3, 0.4) is 0 Å². The molecule has 0 radical (unpaired) electrons. The van der Waals surface area contributed by atoms with Crippen molar-refractivity contribution >= 4 is 5.91 Å². The number of carbonyl (C=O) groups excluding carboxylic acids is 1. The minimum atomic E-state index is 0.235. The molecule has 0 bridgehead atoms. The molecule has 0 spiro atoms. The van der Waals surface area contributed by atoms with Crippen molar-refractivity contribution in [3.8, 4) is 0 Å². The summed E-state index contributed by atoms with van der Waals surface area (Å²) in [6, 6.07) is 22.2. The topological polar surface area (TPSA) is 23.6 Å². The summed E-state index contributed by atoms with van der Waals surface area (Å²) in [5, 5.41) is 0. The third-order valence-corrected chi connectivity index (χ3v) is 7.32. The number of piperazine rings is 1. The Morgan fingerprint density at radius 1 is 0.871 bits per heavy atom. The Kier molecular flexibility index (Phi) is 7.45. The summed E-state index contributed by atoms with van der Waals surface area (Å²) in [5.41, 5.74) is 2.66. The van der Waals surface area contributed by atoms with Gasteiger partial charge in [-0.3, -0.25) is 9.69 Å². The normalized spacial score (nSPS) is 21.0. The highest BCUT2D eigenvalue weighted by Gasteiger charge is 2.36. The Labute approximate surface area is 188 Å².